The minimum atomic E-state index is -0.197. The lowest BCUT2D eigenvalue weighted by molar-refractivity contribution is 0.549. The van der Waals surface area contributed by atoms with Gasteiger partial charge < -0.3 is 15.6 Å². The molecule has 3 heteroatoms. The summed E-state index contributed by atoms with van der Waals surface area (Å²) in [6, 6.07) is 8.36. The maximum atomic E-state index is 5.96. The van der Waals surface area contributed by atoms with Gasteiger partial charge in [-0.15, -0.1) is 0 Å². The Morgan fingerprint density at radius 2 is 2.00 bits per heavy atom. The molecule has 2 aromatic rings. The fraction of sp³-hybridized carbons (Fsp3) is 0.385. The Balaban J connectivity index is 2.31. The predicted octanol–water partition coefficient (Wildman–Crippen LogP) is 2.33. The molecule has 0 aliphatic heterocycles. The fourth-order valence-corrected chi connectivity index (χ4v) is 1.81. The molecule has 86 valence electrons. The SMILES string of the molecule is Cn1cc(NCC(C)(C)N)c2ccccc21. The van der Waals surface area contributed by atoms with E-state index in [1.54, 1.807) is 0 Å². The number of hydrogen-bond donors (Lipinski definition) is 2. The molecule has 3 nitrogen and oxygen atoms in total. The zero-order valence-corrected chi connectivity index (χ0v) is 10.1. The van der Waals surface area contributed by atoms with E-state index in [-0.39, 0.29) is 5.54 Å². The van der Waals surface area contributed by atoms with Crippen molar-refractivity contribution in [3.05, 3.63) is 30.5 Å². The van der Waals surface area contributed by atoms with Gasteiger partial charge in [-0.05, 0) is 19.9 Å². The van der Waals surface area contributed by atoms with Gasteiger partial charge >= 0.3 is 0 Å². The number of aromatic nitrogens is 1. The quantitative estimate of drug-likeness (QED) is 0.828. The molecule has 2 rings (SSSR count). The molecular formula is C13H19N3. The molecule has 0 fully saturated rings. The maximum Gasteiger partial charge on any atom is 0.0600 e. The van der Waals surface area contributed by atoms with Crippen LogP contribution in [0.15, 0.2) is 30.5 Å². The molecule has 3 N–H and O–H groups in total. The van der Waals surface area contributed by atoms with Crippen LogP contribution in [0, 0.1) is 0 Å². The van der Waals surface area contributed by atoms with Gasteiger partial charge in [0.15, 0.2) is 0 Å². The van der Waals surface area contributed by atoms with Crippen LogP contribution in [0.1, 0.15) is 13.8 Å². The van der Waals surface area contributed by atoms with E-state index in [2.05, 4.69) is 47.4 Å². The lowest BCUT2D eigenvalue weighted by Crippen LogP contribution is -2.39. The van der Waals surface area contributed by atoms with Gasteiger partial charge in [-0.1, -0.05) is 18.2 Å². The molecule has 0 aliphatic rings. The second kappa shape index (κ2) is 3.83. The molecule has 0 aliphatic carbocycles. The number of para-hydroxylation sites is 1. The van der Waals surface area contributed by atoms with E-state index in [0.29, 0.717) is 0 Å². The highest BCUT2D eigenvalue weighted by Gasteiger charge is 2.12. The molecular weight excluding hydrogens is 198 g/mol. The zero-order chi connectivity index (χ0) is 11.8. The molecule has 16 heavy (non-hydrogen) atoms. The molecule has 1 aromatic carbocycles. The first kappa shape index (κ1) is 11.0. The molecule has 0 saturated carbocycles. The van der Waals surface area contributed by atoms with E-state index in [4.69, 9.17) is 5.73 Å². The van der Waals surface area contributed by atoms with Crippen molar-refractivity contribution in [2.45, 2.75) is 19.4 Å². The number of fused-ring (bicyclic) bond motifs is 1. The number of nitrogens with one attached hydrogen (secondary N) is 1. The normalized spacial score (nSPS) is 12.0. The van der Waals surface area contributed by atoms with Crippen molar-refractivity contribution < 1.29 is 0 Å². The van der Waals surface area contributed by atoms with Gasteiger partial charge in [0.2, 0.25) is 0 Å². The van der Waals surface area contributed by atoms with Gasteiger partial charge in [0.25, 0.3) is 0 Å². The van der Waals surface area contributed by atoms with Crippen LogP contribution in [-0.2, 0) is 7.05 Å². The Hall–Kier alpha value is -1.48. The van der Waals surface area contributed by atoms with E-state index in [9.17, 15) is 0 Å². The molecule has 1 aromatic heterocycles. The van der Waals surface area contributed by atoms with E-state index < -0.39 is 0 Å². The van der Waals surface area contributed by atoms with Crippen molar-refractivity contribution in [2.75, 3.05) is 11.9 Å². The first-order valence-corrected chi connectivity index (χ1v) is 5.54. The summed E-state index contributed by atoms with van der Waals surface area (Å²) in [7, 11) is 2.06. The van der Waals surface area contributed by atoms with Crippen LogP contribution in [0.5, 0.6) is 0 Å². The average Bonchev–Trinajstić information content (AvgIpc) is 2.53. The van der Waals surface area contributed by atoms with Gasteiger partial charge in [-0.2, -0.15) is 0 Å². The second-order valence-electron chi connectivity index (χ2n) is 5.01. The Kier molecular flexibility index (Phi) is 2.64. The van der Waals surface area contributed by atoms with Crippen molar-refractivity contribution in [3.63, 3.8) is 0 Å². The van der Waals surface area contributed by atoms with Crippen molar-refractivity contribution in [1.29, 1.82) is 0 Å². The summed E-state index contributed by atoms with van der Waals surface area (Å²) in [5.74, 6) is 0. The summed E-state index contributed by atoms with van der Waals surface area (Å²) >= 11 is 0. The van der Waals surface area contributed by atoms with Crippen LogP contribution in [0.3, 0.4) is 0 Å². The number of rotatable bonds is 3. The topological polar surface area (TPSA) is 43.0 Å². The summed E-state index contributed by atoms with van der Waals surface area (Å²) < 4.78 is 2.13. The third-order valence-electron chi connectivity index (χ3n) is 2.63. The van der Waals surface area contributed by atoms with Crippen LogP contribution < -0.4 is 11.1 Å². The number of hydrogen-bond acceptors (Lipinski definition) is 2. The summed E-state index contributed by atoms with van der Waals surface area (Å²) in [5, 5.41) is 4.65. The van der Waals surface area contributed by atoms with E-state index >= 15 is 0 Å². The summed E-state index contributed by atoms with van der Waals surface area (Å²) in [4.78, 5) is 0. The third-order valence-corrected chi connectivity index (χ3v) is 2.63. The molecule has 0 saturated heterocycles. The predicted molar refractivity (Wildman–Crippen MR) is 69.7 cm³/mol. The first-order chi connectivity index (χ1) is 7.47. The highest BCUT2D eigenvalue weighted by molar-refractivity contribution is 5.92. The first-order valence-electron chi connectivity index (χ1n) is 5.54. The van der Waals surface area contributed by atoms with Gasteiger partial charge in [0, 0.05) is 36.2 Å². The van der Waals surface area contributed by atoms with Crippen molar-refractivity contribution >= 4 is 16.6 Å². The number of benzene rings is 1. The summed E-state index contributed by atoms with van der Waals surface area (Å²) in [6.45, 7) is 4.80. The summed E-state index contributed by atoms with van der Waals surface area (Å²) in [6.07, 6.45) is 2.11. The van der Waals surface area contributed by atoms with Crippen molar-refractivity contribution in [3.8, 4) is 0 Å². The minimum absolute atomic E-state index is 0.197. The molecule has 0 spiro atoms. The standard InChI is InChI=1S/C13H19N3/c1-13(2,14)9-15-11-8-16(3)12-7-5-4-6-10(11)12/h4-8,15H,9,14H2,1-3H3. The molecule has 0 atom stereocenters. The summed E-state index contributed by atoms with van der Waals surface area (Å²) in [5.41, 5.74) is 8.15. The van der Waals surface area contributed by atoms with Crippen molar-refractivity contribution in [1.82, 2.24) is 4.57 Å². The molecule has 0 bridgehead atoms. The molecule has 0 radical (unpaired) electrons. The zero-order valence-electron chi connectivity index (χ0n) is 10.1. The third kappa shape index (κ3) is 2.19. The Bertz CT molecular complexity index is 491. The largest absolute Gasteiger partial charge is 0.381 e. The smallest absolute Gasteiger partial charge is 0.0600 e. The fourth-order valence-electron chi connectivity index (χ4n) is 1.81. The van der Waals surface area contributed by atoms with Crippen LogP contribution in [0.2, 0.25) is 0 Å². The number of nitrogens with two attached hydrogens (primary N) is 1. The van der Waals surface area contributed by atoms with Crippen LogP contribution in [-0.4, -0.2) is 16.7 Å². The number of aryl methyl sites for hydroxylation is 1. The van der Waals surface area contributed by atoms with E-state index in [1.165, 1.54) is 10.9 Å². The Labute approximate surface area is 96.2 Å². The molecule has 1 heterocycles. The van der Waals surface area contributed by atoms with Gasteiger partial charge in [0.05, 0.1) is 5.69 Å². The molecule has 0 unspecified atom stereocenters. The van der Waals surface area contributed by atoms with Crippen LogP contribution in [0.25, 0.3) is 10.9 Å². The van der Waals surface area contributed by atoms with Gasteiger partial charge in [-0.3, -0.25) is 0 Å². The minimum Gasteiger partial charge on any atom is -0.381 e. The van der Waals surface area contributed by atoms with Crippen molar-refractivity contribution in [2.24, 2.45) is 12.8 Å². The van der Waals surface area contributed by atoms with E-state index in [0.717, 1.165) is 12.2 Å². The maximum absolute atomic E-state index is 5.96. The second-order valence-corrected chi connectivity index (χ2v) is 5.01. The number of nitrogens with zero attached hydrogens (tertiary/aromatic N) is 1. The lowest BCUT2D eigenvalue weighted by Gasteiger charge is -2.19. The lowest BCUT2D eigenvalue weighted by atomic mass is 10.1. The number of anilines is 1. The Morgan fingerprint density at radius 3 is 2.69 bits per heavy atom. The van der Waals surface area contributed by atoms with Gasteiger partial charge in [0.1, 0.15) is 0 Å². The van der Waals surface area contributed by atoms with Crippen LogP contribution >= 0.6 is 0 Å². The molecule has 0 amide bonds. The highest BCUT2D eigenvalue weighted by Crippen LogP contribution is 2.24. The van der Waals surface area contributed by atoms with E-state index in [1.807, 2.05) is 13.8 Å². The van der Waals surface area contributed by atoms with Gasteiger partial charge in [-0.25, -0.2) is 0 Å². The Morgan fingerprint density at radius 1 is 1.31 bits per heavy atom. The monoisotopic (exact) mass is 217 g/mol. The average molecular weight is 217 g/mol. The van der Waals surface area contributed by atoms with Crippen LogP contribution in [0.4, 0.5) is 5.69 Å². The highest BCUT2D eigenvalue weighted by atomic mass is 15.0.